The molecule has 0 spiro atoms. The van der Waals surface area contributed by atoms with Gasteiger partial charge in [0.15, 0.2) is 0 Å². The van der Waals surface area contributed by atoms with E-state index in [-0.39, 0.29) is 5.91 Å². The number of hydrogen-bond acceptors (Lipinski definition) is 3. The van der Waals surface area contributed by atoms with Crippen LogP contribution in [0.5, 0.6) is 0 Å². The number of nitrogens with one attached hydrogen (secondary N) is 1. The summed E-state index contributed by atoms with van der Waals surface area (Å²) in [5.41, 5.74) is 0.837. The third-order valence-electron chi connectivity index (χ3n) is 2.94. The summed E-state index contributed by atoms with van der Waals surface area (Å²) in [7, 11) is 3.62. The molecule has 0 fully saturated rings. The van der Waals surface area contributed by atoms with Gasteiger partial charge in [-0.1, -0.05) is 20.3 Å². The van der Waals surface area contributed by atoms with Crippen molar-refractivity contribution in [1.29, 1.82) is 0 Å². The lowest BCUT2D eigenvalue weighted by Crippen LogP contribution is -2.26. The van der Waals surface area contributed by atoms with Gasteiger partial charge in [0.05, 0.1) is 11.9 Å². The first-order chi connectivity index (χ1) is 8.54. The van der Waals surface area contributed by atoms with Crippen molar-refractivity contribution < 1.29 is 4.79 Å². The van der Waals surface area contributed by atoms with Crippen molar-refractivity contribution in [2.75, 3.05) is 24.3 Å². The van der Waals surface area contributed by atoms with E-state index in [0.29, 0.717) is 12.3 Å². The number of hydrogen-bond donors (Lipinski definition) is 1. The Morgan fingerprint density at radius 2 is 2.17 bits per heavy atom. The third kappa shape index (κ3) is 4.35. The molecule has 0 saturated heterocycles. The summed E-state index contributed by atoms with van der Waals surface area (Å²) in [6.45, 7) is 4.35. The average molecular weight is 249 g/mol. The number of pyridine rings is 1. The van der Waals surface area contributed by atoms with Crippen LogP contribution in [0.2, 0.25) is 0 Å². The Balaban J connectivity index is 2.51. The van der Waals surface area contributed by atoms with Crippen molar-refractivity contribution in [3.8, 4) is 0 Å². The summed E-state index contributed by atoms with van der Waals surface area (Å²) < 4.78 is 0. The van der Waals surface area contributed by atoms with Crippen LogP contribution < -0.4 is 10.2 Å². The molecule has 0 radical (unpaired) electrons. The first kappa shape index (κ1) is 14.5. The Bertz CT molecular complexity index is 373. The normalized spacial score (nSPS) is 10.5. The van der Waals surface area contributed by atoms with Gasteiger partial charge >= 0.3 is 0 Å². The second-order valence-electron chi connectivity index (χ2n) is 4.89. The van der Waals surface area contributed by atoms with Crippen molar-refractivity contribution in [3.63, 3.8) is 0 Å². The summed E-state index contributed by atoms with van der Waals surface area (Å²) in [5.74, 6) is 1.61. The highest BCUT2D eigenvalue weighted by atomic mass is 16.2. The van der Waals surface area contributed by atoms with E-state index >= 15 is 0 Å². The molecule has 1 aromatic rings. The lowest BCUT2D eigenvalue weighted by atomic mass is 10.1. The van der Waals surface area contributed by atoms with Gasteiger partial charge in [-0.3, -0.25) is 4.79 Å². The molecule has 1 heterocycles. The van der Waals surface area contributed by atoms with Crippen molar-refractivity contribution in [1.82, 2.24) is 4.98 Å². The zero-order chi connectivity index (χ0) is 13.5. The second-order valence-corrected chi connectivity index (χ2v) is 4.89. The van der Waals surface area contributed by atoms with Crippen LogP contribution >= 0.6 is 0 Å². The van der Waals surface area contributed by atoms with E-state index in [0.717, 1.165) is 24.3 Å². The van der Waals surface area contributed by atoms with Gasteiger partial charge in [0, 0.05) is 20.5 Å². The van der Waals surface area contributed by atoms with E-state index in [4.69, 9.17) is 0 Å². The van der Waals surface area contributed by atoms with Crippen LogP contribution in [-0.4, -0.2) is 25.0 Å². The highest BCUT2D eigenvalue weighted by Gasteiger charge is 2.11. The molecule has 4 heteroatoms. The Morgan fingerprint density at radius 3 is 2.67 bits per heavy atom. The maximum absolute atomic E-state index is 12.0. The van der Waals surface area contributed by atoms with E-state index in [1.807, 2.05) is 19.2 Å². The molecule has 1 rings (SSSR count). The Morgan fingerprint density at radius 1 is 1.44 bits per heavy atom. The molecular formula is C14H23N3O. The summed E-state index contributed by atoms with van der Waals surface area (Å²) in [6, 6.07) is 3.77. The molecule has 0 bridgehead atoms. The van der Waals surface area contributed by atoms with E-state index in [1.54, 1.807) is 18.1 Å². The summed E-state index contributed by atoms with van der Waals surface area (Å²) >= 11 is 0. The number of anilines is 2. The fourth-order valence-corrected chi connectivity index (χ4v) is 1.71. The third-order valence-corrected chi connectivity index (χ3v) is 2.94. The van der Waals surface area contributed by atoms with E-state index in [1.165, 1.54) is 0 Å². The maximum Gasteiger partial charge on any atom is 0.226 e. The summed E-state index contributed by atoms with van der Waals surface area (Å²) in [4.78, 5) is 17.8. The molecule has 1 amide bonds. The Kier molecular flexibility index (Phi) is 5.62. The van der Waals surface area contributed by atoms with Crippen LogP contribution in [0.25, 0.3) is 0 Å². The summed E-state index contributed by atoms with van der Waals surface area (Å²) in [6.07, 6.45) is 4.36. The highest BCUT2D eigenvalue weighted by molar-refractivity contribution is 5.92. The number of carbonyl (C=O) groups is 1. The molecule has 0 unspecified atom stereocenters. The predicted octanol–water partition coefficient (Wildman–Crippen LogP) is 2.91. The van der Waals surface area contributed by atoms with Crippen LogP contribution in [0.1, 0.15) is 33.1 Å². The van der Waals surface area contributed by atoms with Crippen LogP contribution in [0.3, 0.4) is 0 Å². The van der Waals surface area contributed by atoms with Crippen LogP contribution in [-0.2, 0) is 4.79 Å². The fourth-order valence-electron chi connectivity index (χ4n) is 1.71. The molecule has 1 N–H and O–H groups in total. The number of rotatable bonds is 6. The maximum atomic E-state index is 12.0. The standard InChI is InChI=1S/C14H23N3O/c1-11(2)6-5-7-14(18)17(4)12-8-9-13(15-3)16-10-12/h8-11H,5-7H2,1-4H3,(H,15,16). The van der Waals surface area contributed by atoms with Crippen molar-refractivity contribution in [2.24, 2.45) is 5.92 Å². The SMILES string of the molecule is CNc1ccc(N(C)C(=O)CCCC(C)C)cn1. The molecule has 18 heavy (non-hydrogen) atoms. The zero-order valence-corrected chi connectivity index (χ0v) is 11.7. The topological polar surface area (TPSA) is 45.2 Å². The van der Waals surface area contributed by atoms with E-state index < -0.39 is 0 Å². The average Bonchev–Trinajstić information content (AvgIpc) is 2.37. The number of amides is 1. The summed E-state index contributed by atoms with van der Waals surface area (Å²) in [5, 5.41) is 2.95. The molecule has 0 aliphatic heterocycles. The van der Waals surface area contributed by atoms with Crippen LogP contribution in [0, 0.1) is 5.92 Å². The second kappa shape index (κ2) is 6.99. The fraction of sp³-hybridized carbons (Fsp3) is 0.571. The largest absolute Gasteiger partial charge is 0.373 e. The van der Waals surface area contributed by atoms with E-state index in [2.05, 4.69) is 24.1 Å². The first-order valence-corrected chi connectivity index (χ1v) is 6.45. The molecule has 1 aromatic heterocycles. The van der Waals surface area contributed by atoms with Gasteiger partial charge in [0.1, 0.15) is 5.82 Å². The Hall–Kier alpha value is -1.58. The zero-order valence-electron chi connectivity index (χ0n) is 11.7. The number of carbonyl (C=O) groups excluding carboxylic acids is 1. The van der Waals surface area contributed by atoms with Crippen molar-refractivity contribution in [2.45, 2.75) is 33.1 Å². The van der Waals surface area contributed by atoms with E-state index in [9.17, 15) is 4.79 Å². The number of nitrogens with zero attached hydrogens (tertiary/aromatic N) is 2. The van der Waals surface area contributed by atoms with Gasteiger partial charge in [-0.25, -0.2) is 4.98 Å². The molecule has 0 aliphatic rings. The van der Waals surface area contributed by atoms with Gasteiger partial charge in [-0.2, -0.15) is 0 Å². The first-order valence-electron chi connectivity index (χ1n) is 6.45. The van der Waals surface area contributed by atoms with Crippen molar-refractivity contribution in [3.05, 3.63) is 18.3 Å². The van der Waals surface area contributed by atoms with Gasteiger partial charge in [-0.15, -0.1) is 0 Å². The minimum absolute atomic E-state index is 0.148. The lowest BCUT2D eigenvalue weighted by molar-refractivity contribution is -0.118. The molecule has 100 valence electrons. The minimum Gasteiger partial charge on any atom is -0.373 e. The van der Waals surface area contributed by atoms with Gasteiger partial charge in [0.25, 0.3) is 0 Å². The molecule has 0 atom stereocenters. The quantitative estimate of drug-likeness (QED) is 0.843. The predicted molar refractivity (Wildman–Crippen MR) is 75.9 cm³/mol. The molecule has 0 aromatic carbocycles. The molecule has 0 saturated carbocycles. The van der Waals surface area contributed by atoms with Gasteiger partial charge < -0.3 is 10.2 Å². The van der Waals surface area contributed by atoms with Crippen LogP contribution in [0.15, 0.2) is 18.3 Å². The smallest absolute Gasteiger partial charge is 0.226 e. The van der Waals surface area contributed by atoms with Gasteiger partial charge in [-0.05, 0) is 24.5 Å². The molecule has 0 aliphatic carbocycles. The lowest BCUT2D eigenvalue weighted by Gasteiger charge is -2.17. The number of aromatic nitrogens is 1. The Labute approximate surface area is 109 Å². The monoisotopic (exact) mass is 249 g/mol. The van der Waals surface area contributed by atoms with Crippen LogP contribution in [0.4, 0.5) is 11.5 Å². The van der Waals surface area contributed by atoms with Gasteiger partial charge in [0.2, 0.25) is 5.91 Å². The highest BCUT2D eigenvalue weighted by Crippen LogP contribution is 2.15. The molecular weight excluding hydrogens is 226 g/mol. The minimum atomic E-state index is 0.148. The molecule has 4 nitrogen and oxygen atoms in total. The van der Waals surface area contributed by atoms with Crippen molar-refractivity contribution >= 4 is 17.4 Å².